The fraction of sp³-hybridized carbons (Fsp3) is 0.549. The van der Waals surface area contributed by atoms with Crippen LogP contribution in [0.15, 0.2) is 133 Å². The zero-order valence-electron chi connectivity index (χ0n) is 70.4. The van der Waals surface area contributed by atoms with E-state index in [1.165, 1.54) is 21.0 Å². The van der Waals surface area contributed by atoms with Crippen LogP contribution in [0.2, 0.25) is 0 Å². The Labute approximate surface area is 689 Å². The van der Waals surface area contributed by atoms with Crippen molar-refractivity contribution in [2.24, 2.45) is 39.7 Å². The SMILES string of the molecule is COCCC1(C(=O)NC(Cc2ccc(N3C(=O)C(CC(C)C)N(C(C)=O)C3c3ccccc3)cc2)C(=O)O)CCCC1.COCCC1(C(=O)NC(Cc2ccc(N3C(=O)C(CC(C)C)N(C(C)=O)C3c3ccccc3)cc2)C(=O)O)CCCC1.COCCC1(C(=O)N[C@@H](Cc2ccc(NC(=O)C(N)CC(C)C)cc2)C(=O)OC)CCCC1. The highest BCUT2D eigenvalue weighted by Crippen LogP contribution is 2.46. The number of nitrogens with two attached hydrogens (primary N) is 1. The Morgan fingerprint density at radius 3 is 1.06 bits per heavy atom. The van der Waals surface area contributed by atoms with E-state index in [4.69, 9.17) is 24.7 Å². The van der Waals surface area contributed by atoms with Crippen LogP contribution in [0.4, 0.5) is 17.1 Å². The van der Waals surface area contributed by atoms with Crippen LogP contribution in [0, 0.1) is 34.0 Å². The second kappa shape index (κ2) is 43.5. The number of benzene rings is 5. The molecule has 0 bridgehead atoms. The maximum Gasteiger partial charge on any atom is 0.328 e. The van der Waals surface area contributed by atoms with E-state index in [9.17, 15) is 63.0 Å². The molecule has 3 saturated carbocycles. The number of ether oxygens (including phenoxy) is 4. The summed E-state index contributed by atoms with van der Waals surface area (Å²) in [4.78, 5) is 149. The highest BCUT2D eigenvalue weighted by Gasteiger charge is 2.52. The van der Waals surface area contributed by atoms with Gasteiger partial charge in [-0.15, -0.1) is 0 Å². The third-order valence-electron chi connectivity index (χ3n) is 23.6. The minimum absolute atomic E-state index is 0.104. The zero-order valence-corrected chi connectivity index (χ0v) is 70.4. The topological polar surface area (TPSA) is 352 Å². The quantitative estimate of drug-likeness (QED) is 0.0183. The van der Waals surface area contributed by atoms with E-state index in [0.717, 1.165) is 93.7 Å². The highest BCUT2D eigenvalue weighted by atomic mass is 16.5. The van der Waals surface area contributed by atoms with Crippen molar-refractivity contribution in [1.29, 1.82) is 0 Å². The van der Waals surface area contributed by atoms with E-state index in [1.807, 2.05) is 114 Å². The molecule has 8 N–H and O–H groups in total. The van der Waals surface area contributed by atoms with Crippen LogP contribution in [0.5, 0.6) is 0 Å². The van der Waals surface area contributed by atoms with Crippen molar-refractivity contribution in [1.82, 2.24) is 25.8 Å². The second-order valence-corrected chi connectivity index (χ2v) is 33.5. The van der Waals surface area contributed by atoms with Gasteiger partial charge in [0.05, 0.1) is 29.4 Å². The Kier molecular flexibility index (Phi) is 34.5. The number of aliphatic carboxylic acids is 2. The lowest BCUT2D eigenvalue weighted by Gasteiger charge is -2.31. The van der Waals surface area contributed by atoms with Crippen LogP contribution in [-0.4, -0.2) is 170 Å². The van der Waals surface area contributed by atoms with Gasteiger partial charge in [-0.2, -0.15) is 0 Å². The summed E-state index contributed by atoms with van der Waals surface area (Å²) in [5.41, 5.74) is 10.1. The number of carbonyl (C=O) groups is 11. The number of amides is 8. The van der Waals surface area contributed by atoms with E-state index in [1.54, 1.807) is 102 Å². The Balaban J connectivity index is 0.000000221. The third kappa shape index (κ3) is 24.2. The number of hydrogen-bond acceptors (Lipinski definition) is 16. The normalized spacial score (nSPS) is 19.6. The molecule has 5 fully saturated rings. The molecule has 0 spiro atoms. The largest absolute Gasteiger partial charge is 0.480 e. The number of anilines is 3. The van der Waals surface area contributed by atoms with Gasteiger partial charge in [0.25, 0.3) is 11.8 Å². The van der Waals surface area contributed by atoms with Crippen LogP contribution in [0.1, 0.15) is 211 Å². The van der Waals surface area contributed by atoms with Crippen LogP contribution < -0.4 is 36.8 Å². The summed E-state index contributed by atoms with van der Waals surface area (Å²) in [5, 5.41) is 31.3. The van der Waals surface area contributed by atoms with E-state index in [0.29, 0.717) is 98.9 Å². The molecule has 0 radical (unpaired) electrons. The molecule has 10 rings (SSSR count). The lowest BCUT2D eigenvalue weighted by molar-refractivity contribution is -0.147. The predicted molar refractivity (Wildman–Crippen MR) is 447 cm³/mol. The van der Waals surface area contributed by atoms with E-state index < -0.39 is 82.7 Å². The Hall–Kier alpha value is -9.89. The van der Waals surface area contributed by atoms with Crippen molar-refractivity contribution in [3.8, 4) is 0 Å². The summed E-state index contributed by atoms with van der Waals surface area (Å²) >= 11 is 0. The summed E-state index contributed by atoms with van der Waals surface area (Å²) in [6.07, 6.45) is 13.0. The van der Waals surface area contributed by atoms with Crippen molar-refractivity contribution in [3.63, 3.8) is 0 Å². The molecule has 5 aromatic rings. The van der Waals surface area contributed by atoms with E-state index >= 15 is 0 Å². The van der Waals surface area contributed by atoms with Gasteiger partial charge in [0.1, 0.15) is 42.5 Å². The molecule has 5 aromatic carbocycles. The number of rotatable bonds is 36. The Bertz CT molecular complexity index is 3930. The van der Waals surface area contributed by atoms with E-state index in [-0.39, 0.29) is 71.9 Å². The number of carboxylic acids is 2. The van der Waals surface area contributed by atoms with Crippen LogP contribution >= 0.6 is 0 Å². The molecule has 3 aliphatic carbocycles. The molecular formula is C91H125N9O17. The smallest absolute Gasteiger partial charge is 0.328 e. The minimum atomic E-state index is -1.10. The first-order valence-corrected chi connectivity index (χ1v) is 41.5. The molecule has 0 aromatic heterocycles. The third-order valence-corrected chi connectivity index (χ3v) is 23.6. The zero-order chi connectivity index (χ0) is 85.3. The maximum absolute atomic E-state index is 13.8. The van der Waals surface area contributed by atoms with E-state index in [2.05, 4.69) is 21.3 Å². The number of nitrogens with zero attached hydrogens (tertiary/aromatic N) is 4. The lowest BCUT2D eigenvalue weighted by atomic mass is 9.81. The fourth-order valence-corrected chi connectivity index (χ4v) is 17.3. The first kappa shape index (κ1) is 92.6. The monoisotopic (exact) mass is 1620 g/mol. The first-order chi connectivity index (χ1) is 55.8. The number of carbonyl (C=O) groups excluding carboxylic acids is 9. The number of methoxy groups -OCH3 is 4. The summed E-state index contributed by atoms with van der Waals surface area (Å²) in [5.74, 6) is -3.37. The van der Waals surface area contributed by atoms with Crippen molar-refractivity contribution in [3.05, 3.63) is 161 Å². The lowest BCUT2D eigenvalue weighted by Crippen LogP contribution is -2.49. The Morgan fingerprint density at radius 2 is 0.769 bits per heavy atom. The average molecular weight is 1620 g/mol. The van der Waals surface area contributed by atoms with Gasteiger partial charge in [0.15, 0.2) is 0 Å². The van der Waals surface area contributed by atoms with Crippen molar-refractivity contribution >= 4 is 82.2 Å². The maximum atomic E-state index is 13.8. The summed E-state index contributed by atoms with van der Waals surface area (Å²) in [6, 6.07) is 35.8. The molecule has 117 heavy (non-hydrogen) atoms. The number of carboxylic acid groups (broad SMARTS) is 2. The highest BCUT2D eigenvalue weighted by molar-refractivity contribution is 6.04. The number of hydrogen-bond donors (Lipinski definition) is 7. The van der Waals surface area contributed by atoms with Gasteiger partial charge in [-0.1, -0.05) is 177 Å². The van der Waals surface area contributed by atoms with Gasteiger partial charge < -0.3 is 66.0 Å². The number of nitrogens with one attached hydrogen (secondary N) is 4. The van der Waals surface area contributed by atoms with Crippen LogP contribution in [0.25, 0.3) is 0 Å². The molecule has 8 atom stereocenters. The molecule has 5 aliphatic rings. The number of esters is 1. The summed E-state index contributed by atoms with van der Waals surface area (Å²) < 4.78 is 20.6. The van der Waals surface area contributed by atoms with Gasteiger partial charge in [0.2, 0.25) is 35.4 Å². The summed E-state index contributed by atoms with van der Waals surface area (Å²) in [7, 11) is 6.15. The average Bonchev–Trinajstić information content (AvgIpc) is 1.60. The molecule has 26 nitrogen and oxygen atoms in total. The second-order valence-electron chi connectivity index (χ2n) is 33.5. The molecule has 8 amide bonds. The van der Waals surface area contributed by atoms with Crippen molar-refractivity contribution in [2.75, 3.05) is 63.4 Å². The summed E-state index contributed by atoms with van der Waals surface area (Å²) in [6.45, 7) is 16.6. The first-order valence-electron chi connectivity index (χ1n) is 41.5. The van der Waals surface area contributed by atoms with Gasteiger partial charge in [-0.05, 0) is 159 Å². The van der Waals surface area contributed by atoms with Crippen LogP contribution in [-0.2, 0) is 90.9 Å². The predicted octanol–water partition coefficient (Wildman–Crippen LogP) is 12.2. The molecule has 2 saturated heterocycles. The molecule has 7 unspecified atom stereocenters. The molecule has 2 heterocycles. The molecule has 2 aliphatic heterocycles. The van der Waals surface area contributed by atoms with Gasteiger partial charge in [-0.25, -0.2) is 14.4 Å². The Morgan fingerprint density at radius 1 is 0.453 bits per heavy atom. The van der Waals surface area contributed by atoms with Crippen molar-refractivity contribution in [2.45, 2.75) is 239 Å². The van der Waals surface area contributed by atoms with Gasteiger partial charge in [0, 0.05) is 91.3 Å². The molecule has 26 heteroatoms. The molecule has 636 valence electrons. The molecular weight excluding hydrogens is 1490 g/mol. The fourth-order valence-electron chi connectivity index (χ4n) is 17.3. The van der Waals surface area contributed by atoms with Crippen molar-refractivity contribution < 1.29 is 81.9 Å². The van der Waals surface area contributed by atoms with Gasteiger partial charge in [-0.3, -0.25) is 48.2 Å². The standard InChI is InChI=1S/2C33H43N3O6.C25H39N3O5/c2*1-22(2)20-28-30(38)36(29(35(28)23(3)37)25-10-6-5-7-11-25)26-14-12-24(13-15-26)21-27(31(39)40)34-32(41)33(18-19-42-4)16-8-9-17-33;1-17(2)15-20(26)22(29)27-19-9-7-18(8-10-19)16-21(23(30)33-4)28-24(31)25(13-14-32-3)11-5-6-12-25/h2*5-7,10-15,22,27-29H,8-9,16-21H2,1-4H3,(H,34,41)(H,39,40);7-10,17,20-21H,5-6,11-16,26H2,1-4H3,(H,27,29)(H,28,31)/t;;20?,21-/m..0/s1. The van der Waals surface area contributed by atoms with Gasteiger partial charge >= 0.3 is 17.9 Å². The minimum Gasteiger partial charge on any atom is -0.480 e. The van der Waals surface area contributed by atoms with Crippen LogP contribution in [0.3, 0.4) is 0 Å².